The van der Waals surface area contributed by atoms with Gasteiger partial charge in [-0.3, -0.25) is 0 Å². The molecule has 0 saturated carbocycles. The fourth-order valence-corrected chi connectivity index (χ4v) is 1.81. The standard InChI is InChI=1S/C15H16N2O2/c1-10-4-3-5-13(16)14(10)17-12-8-6-11(7-9-12)15(18)19-2/h3-9,17H,16H2,1-2H3. The zero-order valence-electron chi connectivity index (χ0n) is 10.9. The number of benzene rings is 2. The van der Waals surface area contributed by atoms with E-state index >= 15 is 0 Å². The molecule has 2 rings (SSSR count). The van der Waals surface area contributed by atoms with Gasteiger partial charge in [-0.2, -0.15) is 0 Å². The molecule has 4 nitrogen and oxygen atoms in total. The maximum atomic E-state index is 11.3. The van der Waals surface area contributed by atoms with Gasteiger partial charge < -0.3 is 15.8 Å². The monoisotopic (exact) mass is 256 g/mol. The predicted octanol–water partition coefficient (Wildman–Crippen LogP) is 3.11. The first-order valence-corrected chi connectivity index (χ1v) is 5.92. The molecule has 4 heteroatoms. The largest absolute Gasteiger partial charge is 0.465 e. The number of rotatable bonds is 3. The highest BCUT2D eigenvalue weighted by Gasteiger charge is 2.06. The summed E-state index contributed by atoms with van der Waals surface area (Å²) in [6, 6.07) is 12.8. The molecule has 3 N–H and O–H groups in total. The number of nitrogen functional groups attached to an aromatic ring is 1. The van der Waals surface area contributed by atoms with Crippen LogP contribution in [-0.4, -0.2) is 13.1 Å². The summed E-state index contributed by atoms with van der Waals surface area (Å²) in [6.45, 7) is 1.99. The highest BCUT2D eigenvalue weighted by molar-refractivity contribution is 5.90. The fraction of sp³-hybridized carbons (Fsp3) is 0.133. The molecule has 0 spiro atoms. The number of hydrogen-bond donors (Lipinski definition) is 2. The Labute approximate surface area is 112 Å². The van der Waals surface area contributed by atoms with E-state index in [0.717, 1.165) is 16.9 Å². The van der Waals surface area contributed by atoms with Crippen LogP contribution in [0.1, 0.15) is 15.9 Å². The van der Waals surface area contributed by atoms with Crippen LogP contribution in [0, 0.1) is 6.92 Å². The molecule has 0 atom stereocenters. The van der Waals surface area contributed by atoms with Crippen molar-refractivity contribution in [2.75, 3.05) is 18.2 Å². The Kier molecular flexibility index (Phi) is 3.71. The van der Waals surface area contributed by atoms with Gasteiger partial charge in [-0.05, 0) is 42.8 Å². The number of ether oxygens (including phenoxy) is 1. The van der Waals surface area contributed by atoms with E-state index in [2.05, 4.69) is 10.1 Å². The molecule has 98 valence electrons. The van der Waals surface area contributed by atoms with Crippen molar-refractivity contribution in [2.24, 2.45) is 0 Å². The van der Waals surface area contributed by atoms with Crippen LogP contribution < -0.4 is 11.1 Å². The molecule has 0 aliphatic carbocycles. The SMILES string of the molecule is COC(=O)c1ccc(Nc2c(C)cccc2N)cc1. The Morgan fingerprint density at radius 1 is 1.16 bits per heavy atom. The Bertz CT molecular complexity index is 571. The third-order valence-corrected chi connectivity index (χ3v) is 2.88. The quantitative estimate of drug-likeness (QED) is 0.654. The lowest BCUT2D eigenvalue weighted by Gasteiger charge is -2.12. The summed E-state index contributed by atoms with van der Waals surface area (Å²) < 4.78 is 4.65. The van der Waals surface area contributed by atoms with Crippen molar-refractivity contribution >= 4 is 23.0 Å². The van der Waals surface area contributed by atoms with Gasteiger partial charge in [0, 0.05) is 5.69 Å². The van der Waals surface area contributed by atoms with Crippen LogP contribution in [0.5, 0.6) is 0 Å². The Balaban J connectivity index is 2.22. The minimum Gasteiger partial charge on any atom is -0.465 e. The zero-order valence-corrected chi connectivity index (χ0v) is 10.9. The lowest BCUT2D eigenvalue weighted by Crippen LogP contribution is -2.02. The van der Waals surface area contributed by atoms with E-state index in [1.807, 2.05) is 37.3 Å². The number of carbonyl (C=O) groups excluding carboxylic acids is 1. The van der Waals surface area contributed by atoms with Gasteiger partial charge in [0.15, 0.2) is 0 Å². The van der Waals surface area contributed by atoms with Crippen molar-refractivity contribution in [3.63, 3.8) is 0 Å². The molecular formula is C15H16N2O2. The van der Waals surface area contributed by atoms with Crippen LogP contribution in [0.15, 0.2) is 42.5 Å². The van der Waals surface area contributed by atoms with Crippen LogP contribution in [0.2, 0.25) is 0 Å². The zero-order chi connectivity index (χ0) is 13.8. The van der Waals surface area contributed by atoms with E-state index < -0.39 is 0 Å². The third kappa shape index (κ3) is 2.85. The summed E-state index contributed by atoms with van der Waals surface area (Å²) in [7, 11) is 1.36. The first kappa shape index (κ1) is 13.0. The van der Waals surface area contributed by atoms with Gasteiger partial charge in [-0.25, -0.2) is 4.79 Å². The van der Waals surface area contributed by atoms with E-state index in [9.17, 15) is 4.79 Å². The van der Waals surface area contributed by atoms with Crippen molar-refractivity contribution < 1.29 is 9.53 Å². The molecule has 0 bridgehead atoms. The van der Waals surface area contributed by atoms with Crippen molar-refractivity contribution in [3.8, 4) is 0 Å². The molecular weight excluding hydrogens is 240 g/mol. The molecule has 0 aromatic heterocycles. The number of methoxy groups -OCH3 is 1. The molecule has 0 amide bonds. The van der Waals surface area contributed by atoms with Crippen LogP contribution >= 0.6 is 0 Å². The lowest BCUT2D eigenvalue weighted by molar-refractivity contribution is 0.0601. The summed E-state index contributed by atoms with van der Waals surface area (Å²) in [5, 5.41) is 3.25. The number of nitrogens with two attached hydrogens (primary N) is 1. The minimum atomic E-state index is -0.345. The van der Waals surface area contributed by atoms with Crippen molar-refractivity contribution in [1.82, 2.24) is 0 Å². The van der Waals surface area contributed by atoms with Crippen LogP contribution in [0.4, 0.5) is 17.1 Å². The van der Waals surface area contributed by atoms with Gasteiger partial charge in [0.2, 0.25) is 0 Å². The predicted molar refractivity (Wildman–Crippen MR) is 76.7 cm³/mol. The number of hydrogen-bond acceptors (Lipinski definition) is 4. The van der Waals surface area contributed by atoms with Gasteiger partial charge in [-0.15, -0.1) is 0 Å². The second-order valence-electron chi connectivity index (χ2n) is 4.23. The normalized spacial score (nSPS) is 10.0. The number of para-hydroxylation sites is 1. The van der Waals surface area contributed by atoms with E-state index in [1.165, 1.54) is 7.11 Å². The Hall–Kier alpha value is -2.49. The maximum absolute atomic E-state index is 11.3. The first-order valence-electron chi connectivity index (χ1n) is 5.92. The van der Waals surface area contributed by atoms with Gasteiger partial charge in [0.05, 0.1) is 24.0 Å². The van der Waals surface area contributed by atoms with Crippen molar-refractivity contribution in [2.45, 2.75) is 6.92 Å². The summed E-state index contributed by atoms with van der Waals surface area (Å²) in [6.07, 6.45) is 0. The maximum Gasteiger partial charge on any atom is 0.337 e. The number of carbonyl (C=O) groups is 1. The number of anilines is 3. The second-order valence-corrected chi connectivity index (χ2v) is 4.23. The molecule has 19 heavy (non-hydrogen) atoms. The van der Waals surface area contributed by atoms with Crippen molar-refractivity contribution in [1.29, 1.82) is 0 Å². The molecule has 0 aliphatic rings. The van der Waals surface area contributed by atoms with Gasteiger partial charge in [0.1, 0.15) is 0 Å². The number of esters is 1. The van der Waals surface area contributed by atoms with Gasteiger partial charge in [0.25, 0.3) is 0 Å². The van der Waals surface area contributed by atoms with E-state index in [0.29, 0.717) is 11.3 Å². The van der Waals surface area contributed by atoms with Gasteiger partial charge >= 0.3 is 5.97 Å². The summed E-state index contributed by atoms with van der Waals surface area (Å²) in [5.74, 6) is -0.345. The molecule has 2 aromatic rings. The Morgan fingerprint density at radius 3 is 2.42 bits per heavy atom. The third-order valence-electron chi connectivity index (χ3n) is 2.88. The second kappa shape index (κ2) is 5.44. The van der Waals surface area contributed by atoms with E-state index in [4.69, 9.17) is 5.73 Å². The van der Waals surface area contributed by atoms with E-state index in [-0.39, 0.29) is 5.97 Å². The summed E-state index contributed by atoms with van der Waals surface area (Å²) in [4.78, 5) is 11.3. The molecule has 0 saturated heterocycles. The molecule has 0 fully saturated rings. The summed E-state index contributed by atoms with van der Waals surface area (Å²) in [5.41, 5.74) is 9.96. The highest BCUT2D eigenvalue weighted by Crippen LogP contribution is 2.26. The molecule has 0 aliphatic heterocycles. The first-order chi connectivity index (χ1) is 9.11. The topological polar surface area (TPSA) is 64.3 Å². The molecule has 2 aromatic carbocycles. The smallest absolute Gasteiger partial charge is 0.337 e. The Morgan fingerprint density at radius 2 is 1.84 bits per heavy atom. The fourth-order valence-electron chi connectivity index (χ4n) is 1.81. The summed E-state index contributed by atoms with van der Waals surface area (Å²) >= 11 is 0. The molecule has 0 unspecified atom stereocenters. The molecule has 0 heterocycles. The minimum absolute atomic E-state index is 0.345. The van der Waals surface area contributed by atoms with Crippen LogP contribution in [0.3, 0.4) is 0 Å². The average molecular weight is 256 g/mol. The number of aryl methyl sites for hydroxylation is 1. The lowest BCUT2D eigenvalue weighted by atomic mass is 10.1. The van der Waals surface area contributed by atoms with Crippen molar-refractivity contribution in [3.05, 3.63) is 53.6 Å². The van der Waals surface area contributed by atoms with Crippen LogP contribution in [-0.2, 0) is 4.74 Å². The molecule has 0 radical (unpaired) electrons. The average Bonchev–Trinajstić information content (AvgIpc) is 2.43. The van der Waals surface area contributed by atoms with Crippen LogP contribution in [0.25, 0.3) is 0 Å². The van der Waals surface area contributed by atoms with E-state index in [1.54, 1.807) is 12.1 Å². The van der Waals surface area contributed by atoms with Gasteiger partial charge in [-0.1, -0.05) is 12.1 Å². The number of nitrogens with one attached hydrogen (secondary N) is 1. The highest BCUT2D eigenvalue weighted by atomic mass is 16.5.